The molecule has 1 amide bonds. The van der Waals surface area contributed by atoms with Crippen LogP contribution >= 0.6 is 11.6 Å². The monoisotopic (exact) mass is 305 g/mol. The van der Waals surface area contributed by atoms with Crippen LogP contribution in [0.4, 0.5) is 5.69 Å². The summed E-state index contributed by atoms with van der Waals surface area (Å²) in [6.45, 7) is 3.63. The number of hydrogen-bond acceptors (Lipinski definition) is 3. The molecule has 0 aliphatic heterocycles. The van der Waals surface area contributed by atoms with Crippen molar-refractivity contribution in [3.05, 3.63) is 46.7 Å². The summed E-state index contributed by atoms with van der Waals surface area (Å²) in [7, 11) is 0. The number of amides is 1. The molecule has 110 valence electrons. The fourth-order valence-corrected chi connectivity index (χ4v) is 2.17. The number of para-hydroxylation sites is 1. The van der Waals surface area contributed by atoms with E-state index in [-0.39, 0.29) is 24.7 Å². The molecule has 0 unspecified atom stereocenters. The molecular formula is C15H16ClN3O2. The molecule has 2 rings (SSSR count). The van der Waals surface area contributed by atoms with Gasteiger partial charge in [-0.2, -0.15) is 5.10 Å². The zero-order chi connectivity index (χ0) is 15.4. The summed E-state index contributed by atoms with van der Waals surface area (Å²) >= 11 is 5.95. The van der Waals surface area contributed by atoms with Crippen LogP contribution < -0.4 is 5.32 Å². The fraction of sp³-hybridized carbons (Fsp3) is 0.267. The van der Waals surface area contributed by atoms with Crippen molar-refractivity contribution in [1.82, 2.24) is 9.78 Å². The van der Waals surface area contributed by atoms with Gasteiger partial charge in [0.1, 0.15) is 0 Å². The van der Waals surface area contributed by atoms with Gasteiger partial charge in [0.25, 0.3) is 0 Å². The van der Waals surface area contributed by atoms with Gasteiger partial charge in [0.05, 0.1) is 16.4 Å². The Morgan fingerprint density at radius 2 is 1.95 bits per heavy atom. The van der Waals surface area contributed by atoms with E-state index in [0.717, 1.165) is 11.4 Å². The highest BCUT2D eigenvalue weighted by Gasteiger charge is 2.13. The zero-order valence-electron chi connectivity index (χ0n) is 11.9. The van der Waals surface area contributed by atoms with Crippen LogP contribution in [0.2, 0.25) is 5.02 Å². The fourth-order valence-electron chi connectivity index (χ4n) is 1.98. The lowest BCUT2D eigenvalue weighted by atomic mass is 10.2. The van der Waals surface area contributed by atoms with Crippen LogP contribution in [0.3, 0.4) is 0 Å². The maximum absolute atomic E-state index is 12.0. The van der Waals surface area contributed by atoms with E-state index in [0.29, 0.717) is 10.7 Å². The Kier molecular flexibility index (Phi) is 4.75. The Labute approximate surface area is 127 Å². The molecule has 0 aliphatic carbocycles. The Morgan fingerprint density at radius 1 is 1.24 bits per heavy atom. The van der Waals surface area contributed by atoms with E-state index in [1.165, 1.54) is 4.68 Å². The molecule has 0 aliphatic rings. The molecule has 0 atom stereocenters. The molecule has 0 fully saturated rings. The summed E-state index contributed by atoms with van der Waals surface area (Å²) in [5.74, 6) is -0.451. The lowest BCUT2D eigenvalue weighted by Gasteiger charge is -2.07. The zero-order valence-corrected chi connectivity index (χ0v) is 12.6. The predicted molar refractivity (Wildman–Crippen MR) is 81.6 cm³/mol. The molecule has 1 N–H and O–H groups in total. The van der Waals surface area contributed by atoms with Crippen molar-refractivity contribution in [1.29, 1.82) is 0 Å². The average molecular weight is 306 g/mol. The molecular weight excluding hydrogens is 290 g/mol. The molecule has 1 aromatic carbocycles. The molecule has 2 aromatic rings. The Bertz CT molecular complexity index is 679. The van der Waals surface area contributed by atoms with Gasteiger partial charge in [0.15, 0.2) is 0 Å². The van der Waals surface area contributed by atoms with Crippen LogP contribution in [0.25, 0.3) is 0 Å². The summed E-state index contributed by atoms with van der Waals surface area (Å²) in [4.78, 5) is 23.8. The number of nitrogens with zero attached hydrogens (tertiary/aromatic N) is 2. The first-order chi connectivity index (χ1) is 9.97. The second kappa shape index (κ2) is 6.54. The van der Waals surface area contributed by atoms with E-state index in [2.05, 4.69) is 10.4 Å². The first kappa shape index (κ1) is 15.3. The van der Waals surface area contributed by atoms with Crippen molar-refractivity contribution in [2.45, 2.75) is 26.7 Å². The van der Waals surface area contributed by atoms with Crippen LogP contribution in [0.5, 0.6) is 0 Å². The quantitative estimate of drug-likeness (QED) is 0.943. The van der Waals surface area contributed by atoms with Crippen molar-refractivity contribution in [3.63, 3.8) is 0 Å². The molecule has 0 saturated carbocycles. The van der Waals surface area contributed by atoms with Crippen LogP contribution in [0.15, 0.2) is 30.3 Å². The van der Waals surface area contributed by atoms with Crippen molar-refractivity contribution in [2.75, 3.05) is 5.32 Å². The second-order valence-electron chi connectivity index (χ2n) is 4.76. The van der Waals surface area contributed by atoms with E-state index in [1.54, 1.807) is 24.3 Å². The van der Waals surface area contributed by atoms with Crippen LogP contribution in [0, 0.1) is 13.8 Å². The number of aryl methyl sites for hydroxylation is 2. The third-order valence-corrected chi connectivity index (χ3v) is 3.29. The number of benzene rings is 1. The lowest BCUT2D eigenvalue weighted by Crippen LogP contribution is -2.18. The summed E-state index contributed by atoms with van der Waals surface area (Å²) in [5.41, 5.74) is 2.09. The molecule has 0 radical (unpaired) electrons. The van der Waals surface area contributed by atoms with E-state index in [9.17, 15) is 9.59 Å². The number of aromatic nitrogens is 2. The topological polar surface area (TPSA) is 64.0 Å². The minimum atomic E-state index is -0.252. The van der Waals surface area contributed by atoms with Crippen LogP contribution in [-0.4, -0.2) is 21.6 Å². The van der Waals surface area contributed by atoms with Gasteiger partial charge in [-0.1, -0.05) is 23.7 Å². The lowest BCUT2D eigenvalue weighted by molar-refractivity contribution is -0.116. The SMILES string of the molecule is Cc1cc(C)n(C(=O)CCC(=O)Nc2ccccc2Cl)n1. The molecule has 21 heavy (non-hydrogen) atoms. The number of hydrogen-bond donors (Lipinski definition) is 1. The smallest absolute Gasteiger partial charge is 0.247 e. The summed E-state index contributed by atoms with van der Waals surface area (Å²) < 4.78 is 1.33. The predicted octanol–water partition coefficient (Wildman–Crippen LogP) is 3.21. The molecule has 1 heterocycles. The van der Waals surface area contributed by atoms with Gasteiger partial charge in [-0.05, 0) is 32.0 Å². The van der Waals surface area contributed by atoms with Crippen molar-refractivity contribution in [2.24, 2.45) is 0 Å². The highest BCUT2D eigenvalue weighted by molar-refractivity contribution is 6.33. The van der Waals surface area contributed by atoms with Gasteiger partial charge in [-0.15, -0.1) is 0 Å². The number of anilines is 1. The number of nitrogens with one attached hydrogen (secondary N) is 1. The Morgan fingerprint density at radius 3 is 2.57 bits per heavy atom. The van der Waals surface area contributed by atoms with Gasteiger partial charge >= 0.3 is 0 Å². The minimum Gasteiger partial charge on any atom is -0.325 e. The molecule has 1 aromatic heterocycles. The first-order valence-electron chi connectivity index (χ1n) is 6.58. The number of halogens is 1. The standard InChI is InChI=1S/C15H16ClN3O2/c1-10-9-11(2)19(18-10)15(21)8-7-14(20)17-13-6-4-3-5-12(13)16/h3-6,9H,7-8H2,1-2H3,(H,17,20). The summed E-state index contributed by atoms with van der Waals surface area (Å²) in [5, 5.41) is 7.25. The van der Waals surface area contributed by atoms with Gasteiger partial charge in [0, 0.05) is 18.5 Å². The first-order valence-corrected chi connectivity index (χ1v) is 6.96. The highest BCUT2D eigenvalue weighted by Crippen LogP contribution is 2.20. The molecule has 5 nitrogen and oxygen atoms in total. The van der Waals surface area contributed by atoms with Gasteiger partial charge < -0.3 is 5.32 Å². The highest BCUT2D eigenvalue weighted by atomic mass is 35.5. The molecule has 6 heteroatoms. The molecule has 0 spiro atoms. The Balaban J connectivity index is 1.91. The minimum absolute atomic E-state index is 0.0857. The summed E-state index contributed by atoms with van der Waals surface area (Å²) in [6.07, 6.45) is 0.181. The maximum Gasteiger partial charge on any atom is 0.247 e. The van der Waals surface area contributed by atoms with Gasteiger partial charge in [-0.25, -0.2) is 4.68 Å². The van der Waals surface area contributed by atoms with Crippen molar-refractivity contribution in [3.8, 4) is 0 Å². The van der Waals surface area contributed by atoms with Crippen molar-refractivity contribution < 1.29 is 9.59 Å². The van der Waals surface area contributed by atoms with Gasteiger partial charge in [0.2, 0.25) is 11.8 Å². The molecule has 0 saturated heterocycles. The Hall–Kier alpha value is -2.14. The van der Waals surface area contributed by atoms with E-state index >= 15 is 0 Å². The van der Waals surface area contributed by atoms with E-state index < -0.39 is 0 Å². The maximum atomic E-state index is 12.0. The van der Waals surface area contributed by atoms with Crippen molar-refractivity contribution >= 4 is 29.1 Å². The van der Waals surface area contributed by atoms with E-state index in [1.807, 2.05) is 19.9 Å². The second-order valence-corrected chi connectivity index (χ2v) is 5.17. The van der Waals surface area contributed by atoms with E-state index in [4.69, 9.17) is 11.6 Å². The van der Waals surface area contributed by atoms with Crippen LogP contribution in [0.1, 0.15) is 29.0 Å². The third kappa shape index (κ3) is 3.92. The largest absolute Gasteiger partial charge is 0.325 e. The van der Waals surface area contributed by atoms with Crippen LogP contribution in [-0.2, 0) is 4.79 Å². The van der Waals surface area contributed by atoms with Gasteiger partial charge in [-0.3, -0.25) is 9.59 Å². The number of carbonyl (C=O) groups is 2. The number of rotatable bonds is 4. The number of carbonyl (C=O) groups excluding carboxylic acids is 2. The average Bonchev–Trinajstić information content (AvgIpc) is 2.78. The normalized spacial score (nSPS) is 10.4. The summed E-state index contributed by atoms with van der Waals surface area (Å²) in [6, 6.07) is 8.79. The molecule has 0 bridgehead atoms. The third-order valence-electron chi connectivity index (χ3n) is 2.96.